The Morgan fingerprint density at radius 2 is 1.68 bits per heavy atom. The number of hydrogen-bond donors (Lipinski definition) is 1. The molecule has 5 nitrogen and oxygen atoms in total. The van der Waals surface area contributed by atoms with Gasteiger partial charge in [0.2, 0.25) is 0 Å². The molecule has 1 N–H and O–H groups in total. The Morgan fingerprint density at radius 3 is 2.36 bits per heavy atom. The minimum absolute atomic E-state index is 0.00672. The number of nitrogens with zero attached hydrogens (tertiary/aromatic N) is 1. The summed E-state index contributed by atoms with van der Waals surface area (Å²) >= 11 is 0. The van der Waals surface area contributed by atoms with Crippen molar-refractivity contribution in [1.82, 2.24) is 4.74 Å². The molecule has 0 aliphatic carbocycles. The second-order valence-electron chi connectivity index (χ2n) is 6.16. The van der Waals surface area contributed by atoms with Crippen LogP contribution in [-0.4, -0.2) is 10.6 Å². The highest BCUT2D eigenvalue weighted by Crippen LogP contribution is 2.26. The third kappa shape index (κ3) is 3.26. The van der Waals surface area contributed by atoms with E-state index in [-0.39, 0.29) is 11.5 Å². The van der Waals surface area contributed by atoms with Gasteiger partial charge in [-0.3, -0.25) is 4.79 Å². The molecule has 2 aromatic carbocycles. The number of aryl methyl sites for hydroxylation is 1. The van der Waals surface area contributed by atoms with Crippen molar-refractivity contribution in [3.63, 3.8) is 0 Å². The summed E-state index contributed by atoms with van der Waals surface area (Å²) < 4.78 is 6.47. The van der Waals surface area contributed by atoms with E-state index in [4.69, 9.17) is 4.52 Å². The van der Waals surface area contributed by atoms with Crippen LogP contribution in [0.25, 0.3) is 11.3 Å². The Labute approximate surface area is 145 Å². The highest BCUT2D eigenvalue weighted by Gasteiger charge is 2.24. The summed E-state index contributed by atoms with van der Waals surface area (Å²) in [7, 11) is 1.61. The first kappa shape index (κ1) is 16.8. The highest BCUT2D eigenvalue weighted by molar-refractivity contribution is 6.08. The van der Waals surface area contributed by atoms with Crippen molar-refractivity contribution in [3.8, 4) is 11.3 Å². The van der Waals surface area contributed by atoms with Crippen molar-refractivity contribution in [2.24, 2.45) is 7.05 Å². The SMILES string of the molecule is CC(C)c1ccccc1NC(=O)c1c(-c2ccccc2)n(C)oc1=O. The van der Waals surface area contributed by atoms with Crippen molar-refractivity contribution in [2.45, 2.75) is 19.8 Å². The van der Waals surface area contributed by atoms with Gasteiger partial charge in [0.15, 0.2) is 5.56 Å². The number of aromatic nitrogens is 1. The third-order valence-electron chi connectivity index (χ3n) is 4.08. The Kier molecular flexibility index (Phi) is 4.57. The fourth-order valence-electron chi connectivity index (χ4n) is 2.89. The van der Waals surface area contributed by atoms with E-state index >= 15 is 0 Å². The number of para-hydroxylation sites is 1. The van der Waals surface area contributed by atoms with Crippen molar-refractivity contribution >= 4 is 11.6 Å². The zero-order valence-corrected chi connectivity index (χ0v) is 14.4. The molecule has 1 amide bonds. The van der Waals surface area contributed by atoms with Gasteiger partial charge in [0.25, 0.3) is 5.91 Å². The zero-order chi connectivity index (χ0) is 18.0. The van der Waals surface area contributed by atoms with Gasteiger partial charge in [0.1, 0.15) is 5.69 Å². The van der Waals surface area contributed by atoms with Crippen LogP contribution in [0.1, 0.15) is 35.7 Å². The molecular weight excluding hydrogens is 316 g/mol. The van der Waals surface area contributed by atoms with Crippen LogP contribution in [0, 0.1) is 0 Å². The third-order valence-corrected chi connectivity index (χ3v) is 4.08. The van der Waals surface area contributed by atoms with Crippen LogP contribution in [0.5, 0.6) is 0 Å². The Balaban J connectivity index is 2.04. The first-order valence-electron chi connectivity index (χ1n) is 8.15. The smallest absolute Gasteiger partial charge is 0.335 e. The van der Waals surface area contributed by atoms with Crippen LogP contribution in [0.3, 0.4) is 0 Å². The molecule has 3 rings (SSSR count). The molecule has 25 heavy (non-hydrogen) atoms. The Morgan fingerprint density at radius 1 is 1.04 bits per heavy atom. The molecule has 1 aromatic heterocycles. The van der Waals surface area contributed by atoms with Crippen LogP contribution in [0.15, 0.2) is 63.9 Å². The monoisotopic (exact) mass is 336 g/mol. The molecule has 3 aromatic rings. The molecule has 0 radical (unpaired) electrons. The maximum atomic E-state index is 12.8. The van der Waals surface area contributed by atoms with E-state index < -0.39 is 11.5 Å². The number of anilines is 1. The minimum atomic E-state index is -0.652. The summed E-state index contributed by atoms with van der Waals surface area (Å²) in [5.41, 5.74) is 2.28. The van der Waals surface area contributed by atoms with Crippen LogP contribution in [0.2, 0.25) is 0 Å². The van der Waals surface area contributed by atoms with E-state index in [0.717, 1.165) is 11.1 Å². The van der Waals surface area contributed by atoms with Gasteiger partial charge in [-0.15, -0.1) is 0 Å². The van der Waals surface area contributed by atoms with Gasteiger partial charge in [0.05, 0.1) is 0 Å². The summed E-state index contributed by atoms with van der Waals surface area (Å²) in [6.45, 7) is 4.11. The Bertz CT molecular complexity index is 953. The van der Waals surface area contributed by atoms with Gasteiger partial charge < -0.3 is 9.84 Å². The number of amides is 1. The van der Waals surface area contributed by atoms with Gasteiger partial charge >= 0.3 is 5.63 Å². The first-order valence-corrected chi connectivity index (χ1v) is 8.15. The van der Waals surface area contributed by atoms with Crippen LogP contribution in [0.4, 0.5) is 5.69 Å². The molecule has 128 valence electrons. The molecule has 0 saturated carbocycles. The van der Waals surface area contributed by atoms with E-state index in [1.807, 2.05) is 54.6 Å². The lowest BCUT2D eigenvalue weighted by Crippen LogP contribution is -2.20. The van der Waals surface area contributed by atoms with E-state index in [1.165, 1.54) is 4.74 Å². The largest absolute Gasteiger partial charge is 0.370 e. The summed E-state index contributed by atoms with van der Waals surface area (Å²) in [6.07, 6.45) is 0. The standard InChI is InChI=1S/C20H20N2O3/c1-13(2)15-11-7-8-12-16(15)21-19(23)17-18(22(3)25-20(17)24)14-9-5-4-6-10-14/h4-13H,1-3H3,(H,21,23). The molecule has 0 aliphatic rings. The van der Waals surface area contributed by atoms with E-state index in [2.05, 4.69) is 19.2 Å². The average Bonchev–Trinajstić information content (AvgIpc) is 2.90. The second kappa shape index (κ2) is 6.81. The normalized spacial score (nSPS) is 10.9. The first-order chi connectivity index (χ1) is 12.0. The second-order valence-corrected chi connectivity index (χ2v) is 6.16. The van der Waals surface area contributed by atoms with Crippen LogP contribution in [-0.2, 0) is 7.05 Å². The lowest BCUT2D eigenvalue weighted by molar-refractivity contribution is 0.102. The Hall–Kier alpha value is -3.08. The maximum absolute atomic E-state index is 12.8. The molecule has 0 bridgehead atoms. The van der Waals surface area contributed by atoms with E-state index in [1.54, 1.807) is 7.05 Å². The topological polar surface area (TPSA) is 64.2 Å². The molecule has 0 spiro atoms. The fraction of sp³-hybridized carbons (Fsp3) is 0.200. The van der Waals surface area contributed by atoms with Gasteiger partial charge in [0, 0.05) is 18.3 Å². The van der Waals surface area contributed by atoms with Gasteiger partial charge in [-0.25, -0.2) is 9.53 Å². The lowest BCUT2D eigenvalue weighted by Gasteiger charge is -2.13. The molecule has 5 heteroatoms. The predicted molar refractivity (Wildman–Crippen MR) is 97.9 cm³/mol. The molecule has 0 unspecified atom stereocenters. The fourth-order valence-corrected chi connectivity index (χ4v) is 2.89. The number of benzene rings is 2. The lowest BCUT2D eigenvalue weighted by atomic mass is 10.0. The van der Waals surface area contributed by atoms with Crippen LogP contribution >= 0.6 is 0 Å². The van der Waals surface area contributed by atoms with Gasteiger partial charge in [-0.2, -0.15) is 0 Å². The molecular formula is C20H20N2O3. The summed E-state index contributed by atoms with van der Waals surface area (Å²) in [5.74, 6) is -0.224. The molecule has 0 atom stereocenters. The number of nitrogens with one attached hydrogen (secondary N) is 1. The maximum Gasteiger partial charge on any atom is 0.370 e. The molecule has 0 saturated heterocycles. The average molecular weight is 336 g/mol. The number of hydrogen-bond acceptors (Lipinski definition) is 3. The van der Waals surface area contributed by atoms with Gasteiger partial charge in [-0.05, 0) is 17.5 Å². The molecule has 0 aliphatic heterocycles. The predicted octanol–water partition coefficient (Wildman–Crippen LogP) is 4.02. The summed E-state index contributed by atoms with van der Waals surface area (Å²) in [6, 6.07) is 16.8. The summed E-state index contributed by atoms with van der Waals surface area (Å²) in [4.78, 5) is 25.1. The van der Waals surface area contributed by atoms with Crippen molar-refractivity contribution < 1.29 is 9.32 Å². The number of rotatable bonds is 4. The van der Waals surface area contributed by atoms with Crippen molar-refractivity contribution in [1.29, 1.82) is 0 Å². The highest BCUT2D eigenvalue weighted by atomic mass is 16.5. The summed E-state index contributed by atoms with van der Waals surface area (Å²) in [5, 5.41) is 2.86. The van der Waals surface area contributed by atoms with Crippen LogP contribution < -0.4 is 10.9 Å². The minimum Gasteiger partial charge on any atom is -0.335 e. The molecule has 1 heterocycles. The van der Waals surface area contributed by atoms with E-state index in [9.17, 15) is 9.59 Å². The zero-order valence-electron chi connectivity index (χ0n) is 14.4. The van der Waals surface area contributed by atoms with E-state index in [0.29, 0.717) is 11.4 Å². The van der Waals surface area contributed by atoms with Crippen molar-refractivity contribution in [3.05, 3.63) is 76.1 Å². The van der Waals surface area contributed by atoms with Crippen molar-refractivity contribution in [2.75, 3.05) is 5.32 Å². The van der Waals surface area contributed by atoms with Gasteiger partial charge in [-0.1, -0.05) is 62.4 Å². The number of carbonyl (C=O) groups is 1. The molecule has 0 fully saturated rings. The quantitative estimate of drug-likeness (QED) is 0.782. The number of carbonyl (C=O) groups excluding carboxylic acids is 1.